The summed E-state index contributed by atoms with van der Waals surface area (Å²) in [6.07, 6.45) is 1.20. The van der Waals surface area contributed by atoms with E-state index < -0.39 is 12.8 Å². The van der Waals surface area contributed by atoms with Crippen LogP contribution in [-0.4, -0.2) is 103 Å². The van der Waals surface area contributed by atoms with Crippen LogP contribution in [-0.2, 0) is 64.3 Å². The van der Waals surface area contributed by atoms with E-state index in [4.69, 9.17) is 38.2 Å². The minimum absolute atomic E-state index is 0. The Bertz CT molecular complexity index is 1140. The summed E-state index contributed by atoms with van der Waals surface area (Å²) in [4.78, 5) is 28.1. The van der Waals surface area contributed by atoms with Gasteiger partial charge in [0.2, 0.25) is 0 Å². The Morgan fingerprint density at radius 1 is 0.918 bits per heavy atom. The first kappa shape index (κ1) is 45.2. The average molecular weight is 752 g/mol. The van der Waals surface area contributed by atoms with Crippen molar-refractivity contribution in [1.29, 1.82) is 0 Å². The molecule has 0 aliphatic carbocycles. The average Bonchev–Trinajstić information content (AvgIpc) is 3.64. The van der Waals surface area contributed by atoms with Crippen LogP contribution >= 0.6 is 0 Å². The van der Waals surface area contributed by atoms with Crippen molar-refractivity contribution >= 4 is 6.15 Å². The summed E-state index contributed by atoms with van der Waals surface area (Å²) in [6, 6.07) is 10.4. The van der Waals surface area contributed by atoms with Crippen molar-refractivity contribution in [2.75, 3.05) is 14.1 Å². The Hall–Kier alpha value is -1.87. The van der Waals surface area contributed by atoms with E-state index in [-0.39, 0.29) is 86.6 Å². The molecular weight excluding hydrogens is 703 g/mol. The molecule has 1 aromatic rings. The van der Waals surface area contributed by atoms with E-state index in [1.165, 1.54) is 0 Å². The summed E-state index contributed by atoms with van der Waals surface area (Å²) in [6.45, 7) is 18.9. The summed E-state index contributed by atoms with van der Waals surface area (Å²) in [7, 11) is 3.91. The molecule has 0 amide bonds. The van der Waals surface area contributed by atoms with Crippen molar-refractivity contribution < 1.29 is 76.0 Å². The minimum atomic E-state index is -3.08. The summed E-state index contributed by atoms with van der Waals surface area (Å²) in [5.41, 5.74) is 1.14. The van der Waals surface area contributed by atoms with Gasteiger partial charge >= 0.3 is 25.6 Å². The Morgan fingerprint density at radius 3 is 1.90 bits per heavy atom. The van der Waals surface area contributed by atoms with Crippen molar-refractivity contribution in [3.63, 3.8) is 0 Å². The second-order valence-electron chi connectivity index (χ2n) is 12.3. The zero-order valence-electron chi connectivity index (χ0n) is 29.2. The van der Waals surface area contributed by atoms with Crippen LogP contribution in [0.1, 0.15) is 40.2 Å². The molecule has 2 unspecified atom stereocenters. The van der Waals surface area contributed by atoms with Gasteiger partial charge in [-0.2, -0.15) is 19.7 Å². The Kier molecular flexibility index (Phi) is 19.8. The number of fused-ring (bicyclic) bond motifs is 3. The van der Waals surface area contributed by atoms with E-state index in [9.17, 15) is 18.3 Å². The molecule has 1 aromatic carbocycles. The van der Waals surface area contributed by atoms with Crippen molar-refractivity contribution in [2.24, 2.45) is 17.8 Å². The van der Waals surface area contributed by atoms with Gasteiger partial charge in [0.15, 0.2) is 13.0 Å². The van der Waals surface area contributed by atoms with Gasteiger partial charge < -0.3 is 43.8 Å². The number of rotatable bonds is 6. The van der Waals surface area contributed by atoms with Crippen molar-refractivity contribution in [1.82, 2.24) is 10.1 Å². The molecule has 1 N–H and O–H groups in total. The molecule has 5 fully saturated rings. The first-order valence-electron chi connectivity index (χ1n) is 15.7. The Labute approximate surface area is 300 Å². The molecule has 11 nitrogen and oxygen atoms in total. The Balaban J connectivity index is 0.000000409. The molecule has 49 heavy (non-hydrogen) atoms. The second-order valence-corrected chi connectivity index (χ2v) is 12.3. The molecular formula is C34H49F3N2O9Zn. The normalized spacial score (nSPS) is 36.1. The number of likely N-dealkylation sites (N-methyl/N-ethyl adjacent to an activating group) is 2. The molecule has 0 spiro atoms. The van der Waals surface area contributed by atoms with Crippen LogP contribution in [0.5, 0.6) is 0 Å². The molecule has 0 saturated carbocycles. The molecule has 0 bridgehead atoms. The van der Waals surface area contributed by atoms with Crippen molar-refractivity contribution in [3.05, 3.63) is 68.4 Å². The predicted octanol–water partition coefficient (Wildman–Crippen LogP) is 4.53. The van der Waals surface area contributed by atoms with E-state index in [2.05, 4.69) is 40.5 Å². The Morgan fingerprint density at radius 2 is 1.39 bits per heavy atom. The van der Waals surface area contributed by atoms with E-state index in [1.54, 1.807) is 6.08 Å². The predicted molar refractivity (Wildman–Crippen MR) is 167 cm³/mol. The fourth-order valence-electron chi connectivity index (χ4n) is 6.70. The van der Waals surface area contributed by atoms with Gasteiger partial charge in [-0.05, 0) is 18.4 Å². The van der Waals surface area contributed by atoms with Gasteiger partial charge in [-0.25, -0.2) is 0 Å². The van der Waals surface area contributed by atoms with E-state index in [1.807, 2.05) is 68.4 Å². The summed E-state index contributed by atoms with van der Waals surface area (Å²) >= 11 is 0. The first-order valence-corrected chi connectivity index (χ1v) is 15.7. The van der Waals surface area contributed by atoms with Gasteiger partial charge in [-0.3, -0.25) is 16.3 Å². The smallest absolute Gasteiger partial charge is 0.521 e. The summed E-state index contributed by atoms with van der Waals surface area (Å²) in [5, 5.41) is 14.1. The molecule has 5 aliphatic rings. The van der Waals surface area contributed by atoms with Gasteiger partial charge in [0.05, 0.1) is 30.9 Å². The van der Waals surface area contributed by atoms with Crippen molar-refractivity contribution in [2.45, 2.75) is 108 Å². The van der Waals surface area contributed by atoms with Crippen LogP contribution in [0.15, 0.2) is 49.6 Å². The zero-order valence-corrected chi connectivity index (χ0v) is 32.2. The van der Waals surface area contributed by atoms with Gasteiger partial charge in [0, 0.05) is 25.9 Å². The van der Waals surface area contributed by atoms with Crippen LogP contribution < -0.4 is 0 Å². The molecule has 5 heterocycles. The third-order valence-electron chi connectivity index (χ3n) is 9.01. The number of benzene rings is 1. The second kappa shape index (κ2) is 21.5. The topological polar surface area (TPSA) is 120 Å². The molecule has 15 heteroatoms. The monoisotopic (exact) mass is 750 g/mol. The number of hydroxylamine groups is 4. The number of nitrogens with zero attached hydrogens (tertiary/aromatic N) is 2. The number of epoxide rings is 1. The molecule has 5 saturated heterocycles. The standard InChI is InChI=1S/C19H27NO4.C11H19NO3.C2H3.CF3.CO2.Zn/c1-5-15-17(21)12(2)18-19(23-15)16(20(4)24-18)13(3)22-11-14-9-7-6-8-10-14;1-5(2)7-10-8(15-12(7)4)6(3)9-11(13-9)14-10;1-2;2-1(3)4;2-1-3;/h5-10,12-13,15-19,21H,1,11H2,2-4H3;5-11H,1-4H3;1H,2H2;;;/q;;2*-1;;+2/t12-,13+,15?,16+,17+,18?,19+;6-,7+,8+,9+,10+,11-;;;;/m00..../s1. The van der Waals surface area contributed by atoms with Gasteiger partial charge in [0.1, 0.15) is 36.6 Å². The number of aliphatic hydroxyl groups is 1. The van der Waals surface area contributed by atoms with Crippen LogP contribution in [0, 0.1) is 31.0 Å². The third-order valence-corrected chi connectivity index (χ3v) is 9.01. The van der Waals surface area contributed by atoms with Gasteiger partial charge in [-0.1, -0.05) is 64.1 Å². The zero-order chi connectivity index (χ0) is 36.3. The van der Waals surface area contributed by atoms with E-state index in [0.29, 0.717) is 24.5 Å². The molecule has 13 atom stereocenters. The molecule has 5 aliphatic heterocycles. The van der Waals surface area contributed by atoms with E-state index >= 15 is 0 Å². The fourth-order valence-corrected chi connectivity index (χ4v) is 6.70. The number of hydrogen-bond acceptors (Lipinski definition) is 11. The number of aliphatic hydroxyl groups excluding tert-OH is 1. The van der Waals surface area contributed by atoms with Gasteiger partial charge in [-0.15, -0.1) is 6.58 Å². The summed E-state index contributed by atoms with van der Waals surface area (Å²) in [5.74, 6) is 0.952. The maximum absolute atomic E-state index is 10.3. The van der Waals surface area contributed by atoms with Crippen LogP contribution in [0.2, 0.25) is 0 Å². The number of hydrogen-bond donors (Lipinski definition) is 1. The quantitative estimate of drug-likeness (QED) is 0.191. The van der Waals surface area contributed by atoms with Gasteiger partial charge in [0.25, 0.3) is 0 Å². The molecule has 0 radical (unpaired) electrons. The SMILES string of the molecule is C=CC1O[C@H]2C(ON(C)[C@@H]2[C@@H](C)OCc2ccccc2)[C@@H](C)[C@H]1O.CC(C)[C@@H]1[C@H]2O[C@@H]3O[C@@H]3[C@@H](C)[C@H]2ON1C.F[C-](F)F.O=C=O.[CH-]=C.[Zn+2]. The summed E-state index contributed by atoms with van der Waals surface area (Å²) < 4.78 is 52.3. The van der Waals surface area contributed by atoms with Crippen molar-refractivity contribution in [3.8, 4) is 0 Å². The number of ether oxygens (including phenoxy) is 4. The van der Waals surface area contributed by atoms with E-state index in [0.717, 1.165) is 5.56 Å². The fraction of sp³-hybridized carbons (Fsp3) is 0.647. The maximum Gasteiger partial charge on any atom is 2.00 e. The largest absolute Gasteiger partial charge is 2.00 e. The molecule has 0 aromatic heterocycles. The maximum atomic E-state index is 10.3. The van der Waals surface area contributed by atoms with Crippen LogP contribution in [0.4, 0.5) is 13.2 Å². The number of halogens is 3. The first-order chi connectivity index (χ1) is 22.8. The third kappa shape index (κ3) is 11.8. The minimum Gasteiger partial charge on any atom is -0.521 e. The number of carbonyl (C=O) groups excluding carboxylic acids is 2. The molecule has 6 rings (SSSR count). The molecule has 272 valence electrons. The van der Waals surface area contributed by atoms with Crippen LogP contribution in [0.25, 0.3) is 0 Å². The van der Waals surface area contributed by atoms with Crippen LogP contribution in [0.3, 0.4) is 0 Å².